The van der Waals surface area contributed by atoms with Crippen LogP contribution in [0.4, 0.5) is 0 Å². The zero-order chi connectivity index (χ0) is 22.5. The zero-order valence-corrected chi connectivity index (χ0v) is 17.5. The summed E-state index contributed by atoms with van der Waals surface area (Å²) in [7, 11) is 0. The summed E-state index contributed by atoms with van der Waals surface area (Å²) >= 11 is 0. The minimum atomic E-state index is -1.16. The standard InChI is InChI=1S/C23H25N3O6/c27-21(28)8-2-1-5-13-31-20-7-4-3-6-17(20)23(30)26(16-10-11-16)22(29)15-9-12-18-19(14-15)25-32-24-18/h3-4,6-7,9,12,14,16,23,30H,1-2,5,8,10-11,13H2,(H,27,28). The number of rotatable bonds is 11. The molecule has 0 bridgehead atoms. The first-order chi connectivity index (χ1) is 15.5. The Kier molecular flexibility index (Phi) is 6.65. The number of aliphatic hydroxyl groups is 1. The number of carboxylic acid groups (broad SMARTS) is 1. The zero-order valence-electron chi connectivity index (χ0n) is 17.5. The minimum absolute atomic E-state index is 0.0484. The highest BCUT2D eigenvalue weighted by atomic mass is 16.6. The quantitative estimate of drug-likeness (QED) is 0.343. The molecule has 2 N–H and O–H groups in total. The SMILES string of the molecule is O=C(O)CCCCCOc1ccccc1C(O)N(C(=O)c1ccc2nonc2c1)C1CC1. The first kappa shape index (κ1) is 21.8. The smallest absolute Gasteiger partial charge is 0.303 e. The van der Waals surface area contributed by atoms with Gasteiger partial charge >= 0.3 is 5.97 Å². The van der Waals surface area contributed by atoms with Gasteiger partial charge in [0.05, 0.1) is 6.61 Å². The van der Waals surface area contributed by atoms with Gasteiger partial charge < -0.3 is 19.8 Å². The van der Waals surface area contributed by atoms with E-state index in [1.807, 2.05) is 6.07 Å². The summed E-state index contributed by atoms with van der Waals surface area (Å²) in [6.45, 7) is 0.399. The van der Waals surface area contributed by atoms with Crippen molar-refractivity contribution in [2.45, 2.75) is 50.8 Å². The Hall–Kier alpha value is -3.46. The van der Waals surface area contributed by atoms with Gasteiger partial charge in [0.2, 0.25) is 0 Å². The van der Waals surface area contributed by atoms with E-state index in [4.69, 9.17) is 14.5 Å². The van der Waals surface area contributed by atoms with Crippen LogP contribution in [0.15, 0.2) is 47.1 Å². The normalized spacial score (nSPS) is 14.3. The van der Waals surface area contributed by atoms with Crippen LogP contribution in [-0.4, -0.2) is 50.0 Å². The largest absolute Gasteiger partial charge is 0.493 e. The predicted octanol–water partition coefficient (Wildman–Crippen LogP) is 3.54. The maximum atomic E-state index is 13.3. The number of nitrogens with zero attached hydrogens (tertiary/aromatic N) is 3. The lowest BCUT2D eigenvalue weighted by Gasteiger charge is -2.29. The van der Waals surface area contributed by atoms with Gasteiger partial charge in [-0.15, -0.1) is 0 Å². The first-order valence-electron chi connectivity index (χ1n) is 10.7. The molecule has 3 aromatic rings. The molecule has 0 radical (unpaired) electrons. The van der Waals surface area contributed by atoms with Crippen LogP contribution < -0.4 is 4.74 Å². The van der Waals surface area contributed by atoms with Crippen molar-refractivity contribution in [3.8, 4) is 5.75 Å². The topological polar surface area (TPSA) is 126 Å². The highest BCUT2D eigenvalue weighted by molar-refractivity contribution is 5.97. The lowest BCUT2D eigenvalue weighted by molar-refractivity contribution is -0.137. The number of hydrogen-bond acceptors (Lipinski definition) is 7. The molecule has 1 aliphatic rings. The van der Waals surface area contributed by atoms with Crippen molar-refractivity contribution in [1.82, 2.24) is 15.2 Å². The molecule has 0 aliphatic heterocycles. The average molecular weight is 439 g/mol. The van der Waals surface area contributed by atoms with Crippen molar-refractivity contribution in [1.29, 1.82) is 0 Å². The summed E-state index contributed by atoms with van der Waals surface area (Å²) in [6, 6.07) is 12.0. The summed E-state index contributed by atoms with van der Waals surface area (Å²) < 4.78 is 10.6. The van der Waals surface area contributed by atoms with Crippen LogP contribution in [0.25, 0.3) is 11.0 Å². The third-order valence-corrected chi connectivity index (χ3v) is 5.43. The van der Waals surface area contributed by atoms with E-state index in [1.165, 1.54) is 4.90 Å². The summed E-state index contributed by atoms with van der Waals surface area (Å²) in [5, 5.41) is 27.5. The number of carbonyl (C=O) groups excluding carboxylic acids is 1. The minimum Gasteiger partial charge on any atom is -0.493 e. The van der Waals surface area contributed by atoms with Gasteiger partial charge in [-0.1, -0.05) is 18.2 Å². The van der Waals surface area contributed by atoms with Crippen LogP contribution in [0.2, 0.25) is 0 Å². The van der Waals surface area contributed by atoms with E-state index in [2.05, 4.69) is 10.3 Å². The van der Waals surface area contributed by atoms with Crippen LogP contribution in [0, 0.1) is 0 Å². The van der Waals surface area contributed by atoms with Gasteiger partial charge in [-0.2, -0.15) is 0 Å². The molecule has 1 aliphatic carbocycles. The molecular weight excluding hydrogens is 414 g/mol. The van der Waals surface area contributed by atoms with Crippen molar-refractivity contribution >= 4 is 22.9 Å². The summed E-state index contributed by atoms with van der Waals surface area (Å²) in [5.41, 5.74) is 1.95. The summed E-state index contributed by atoms with van der Waals surface area (Å²) in [6.07, 6.45) is 2.66. The van der Waals surface area contributed by atoms with Gasteiger partial charge in [-0.25, -0.2) is 4.63 Å². The molecule has 1 unspecified atom stereocenters. The van der Waals surface area contributed by atoms with E-state index >= 15 is 0 Å². The Labute approximate surface area is 184 Å². The van der Waals surface area contributed by atoms with Crippen molar-refractivity contribution in [3.63, 3.8) is 0 Å². The Morgan fingerprint density at radius 3 is 2.66 bits per heavy atom. The molecule has 168 valence electrons. The van der Waals surface area contributed by atoms with E-state index in [-0.39, 0.29) is 18.4 Å². The van der Waals surface area contributed by atoms with E-state index in [0.717, 1.165) is 19.3 Å². The Bertz CT molecular complexity index is 1090. The molecule has 9 nitrogen and oxygen atoms in total. The van der Waals surface area contributed by atoms with E-state index in [0.29, 0.717) is 47.4 Å². The molecule has 0 spiro atoms. The molecular formula is C23H25N3O6. The molecule has 1 fully saturated rings. The molecule has 9 heteroatoms. The fraction of sp³-hybridized carbons (Fsp3) is 0.391. The van der Waals surface area contributed by atoms with Crippen molar-refractivity contribution < 1.29 is 29.2 Å². The average Bonchev–Trinajstić information content (AvgIpc) is 3.51. The number of carboxylic acids is 1. The number of aliphatic hydroxyl groups excluding tert-OH is 1. The summed E-state index contributed by atoms with van der Waals surface area (Å²) in [4.78, 5) is 25.4. The molecule has 1 amide bonds. The molecule has 2 aromatic carbocycles. The van der Waals surface area contributed by atoms with Gasteiger partial charge in [-0.3, -0.25) is 9.59 Å². The van der Waals surface area contributed by atoms with Gasteiger partial charge in [-0.05, 0) is 66.7 Å². The lowest BCUT2D eigenvalue weighted by Crippen LogP contribution is -2.37. The highest BCUT2D eigenvalue weighted by Gasteiger charge is 2.38. The van der Waals surface area contributed by atoms with E-state index < -0.39 is 12.2 Å². The van der Waals surface area contributed by atoms with Crippen molar-refractivity contribution in [2.75, 3.05) is 6.61 Å². The third-order valence-electron chi connectivity index (χ3n) is 5.43. The van der Waals surface area contributed by atoms with Gasteiger partial charge in [0.25, 0.3) is 5.91 Å². The second-order valence-corrected chi connectivity index (χ2v) is 7.88. The monoisotopic (exact) mass is 439 g/mol. The highest BCUT2D eigenvalue weighted by Crippen LogP contribution is 2.37. The molecule has 1 aromatic heterocycles. The van der Waals surface area contributed by atoms with Crippen LogP contribution in [0.3, 0.4) is 0 Å². The predicted molar refractivity (Wildman–Crippen MR) is 114 cm³/mol. The number of aliphatic carboxylic acids is 1. The molecule has 1 atom stereocenters. The second-order valence-electron chi connectivity index (χ2n) is 7.88. The number of carbonyl (C=O) groups is 2. The molecule has 1 heterocycles. The van der Waals surface area contributed by atoms with Gasteiger partial charge in [0.15, 0.2) is 6.23 Å². The fourth-order valence-corrected chi connectivity index (χ4v) is 3.61. The fourth-order valence-electron chi connectivity index (χ4n) is 3.61. The number of para-hydroxylation sites is 1. The molecule has 0 saturated heterocycles. The van der Waals surface area contributed by atoms with Crippen LogP contribution in [0.1, 0.15) is 60.7 Å². The number of aromatic nitrogens is 2. The van der Waals surface area contributed by atoms with Gasteiger partial charge in [0.1, 0.15) is 16.8 Å². The number of benzene rings is 2. The third kappa shape index (κ3) is 5.05. The first-order valence-corrected chi connectivity index (χ1v) is 10.7. The molecule has 32 heavy (non-hydrogen) atoms. The lowest BCUT2D eigenvalue weighted by atomic mass is 10.1. The number of amides is 1. The van der Waals surface area contributed by atoms with Crippen LogP contribution in [-0.2, 0) is 4.79 Å². The Morgan fingerprint density at radius 2 is 1.88 bits per heavy atom. The van der Waals surface area contributed by atoms with Crippen LogP contribution >= 0.6 is 0 Å². The van der Waals surface area contributed by atoms with Crippen molar-refractivity contribution in [3.05, 3.63) is 53.6 Å². The maximum absolute atomic E-state index is 13.3. The molecule has 4 rings (SSSR count). The van der Waals surface area contributed by atoms with Gasteiger partial charge in [0, 0.05) is 23.6 Å². The maximum Gasteiger partial charge on any atom is 0.303 e. The summed E-state index contributed by atoms with van der Waals surface area (Å²) in [5.74, 6) is -0.593. The van der Waals surface area contributed by atoms with Crippen molar-refractivity contribution in [2.24, 2.45) is 0 Å². The second kappa shape index (κ2) is 9.78. The molecule has 1 saturated carbocycles. The number of hydrogen-bond donors (Lipinski definition) is 2. The van der Waals surface area contributed by atoms with E-state index in [1.54, 1.807) is 36.4 Å². The van der Waals surface area contributed by atoms with Crippen LogP contribution in [0.5, 0.6) is 5.75 Å². The number of fused-ring (bicyclic) bond motifs is 1. The number of unbranched alkanes of at least 4 members (excludes halogenated alkanes) is 2. The van der Waals surface area contributed by atoms with E-state index in [9.17, 15) is 14.7 Å². The number of ether oxygens (including phenoxy) is 1. The Balaban J connectivity index is 1.47. The Morgan fingerprint density at radius 1 is 1.09 bits per heavy atom.